The minimum absolute atomic E-state index is 0.0693. The number of allylic oxidation sites excluding steroid dienone is 8. The molecule has 0 saturated carbocycles. The lowest BCUT2D eigenvalue weighted by Gasteiger charge is -2.18. The van der Waals surface area contributed by atoms with Crippen LogP contribution in [-0.4, -0.2) is 37.2 Å². The van der Waals surface area contributed by atoms with Crippen molar-refractivity contribution in [1.29, 1.82) is 0 Å². The first kappa shape index (κ1) is 74.4. The van der Waals surface area contributed by atoms with Gasteiger partial charge in [0.05, 0.1) is 0 Å². The summed E-state index contributed by atoms with van der Waals surface area (Å²) >= 11 is 0. The first-order chi connectivity index (χ1) is 38.0. The van der Waals surface area contributed by atoms with Gasteiger partial charge in [0.15, 0.2) is 6.10 Å². The Morgan fingerprint density at radius 1 is 0.260 bits per heavy atom. The van der Waals surface area contributed by atoms with Crippen LogP contribution in [0.25, 0.3) is 0 Å². The number of ether oxygens (including phenoxy) is 3. The van der Waals surface area contributed by atoms with Gasteiger partial charge >= 0.3 is 17.9 Å². The van der Waals surface area contributed by atoms with Crippen LogP contribution in [0.3, 0.4) is 0 Å². The second-order valence-corrected chi connectivity index (χ2v) is 23.1. The van der Waals surface area contributed by atoms with Gasteiger partial charge in [-0.05, 0) is 83.5 Å². The molecule has 0 radical (unpaired) electrons. The number of hydrogen-bond acceptors (Lipinski definition) is 6. The van der Waals surface area contributed by atoms with Gasteiger partial charge in [0.1, 0.15) is 13.2 Å². The SMILES string of the molecule is CCCCCCC/C=C\C/C=C\C/C=C\CCCCCCCCCCCCCCCCC(=O)OCC(COC(=O)CCCCCCCCCCCCC)OC(=O)CCCCCCCCCCC/C=C\CCCCCCCC. The van der Waals surface area contributed by atoms with Crippen molar-refractivity contribution in [2.24, 2.45) is 0 Å². The standard InChI is InChI=1S/C71H130O6/c1-4-7-10-13-16-19-22-24-26-28-30-31-32-33-34-35-36-37-38-39-41-42-44-46-49-52-55-58-61-64-70(73)76-67-68(66-75-69(72)63-60-57-54-51-48-21-18-15-12-9-6-3)77-71(74)65-62-59-56-53-50-47-45-43-40-29-27-25-23-20-17-14-11-8-5-2/h22,24-25,27-28,30,32-33,68H,4-21,23,26,29,31,34-67H2,1-3H3/b24-22-,27-25-,30-28-,33-32-. The molecule has 0 spiro atoms. The maximum absolute atomic E-state index is 12.9. The van der Waals surface area contributed by atoms with Gasteiger partial charge in [0.25, 0.3) is 0 Å². The molecule has 0 aliphatic heterocycles. The second kappa shape index (κ2) is 65.9. The molecule has 450 valence electrons. The minimum atomic E-state index is -0.772. The number of carbonyl (C=O) groups is 3. The van der Waals surface area contributed by atoms with Crippen molar-refractivity contribution in [2.75, 3.05) is 13.2 Å². The Hall–Kier alpha value is -2.63. The van der Waals surface area contributed by atoms with Gasteiger partial charge in [-0.25, -0.2) is 0 Å². The van der Waals surface area contributed by atoms with Crippen LogP contribution in [0.15, 0.2) is 48.6 Å². The summed E-state index contributed by atoms with van der Waals surface area (Å²) in [6.45, 7) is 6.67. The maximum Gasteiger partial charge on any atom is 0.306 e. The third-order valence-corrected chi connectivity index (χ3v) is 15.3. The van der Waals surface area contributed by atoms with Gasteiger partial charge in [-0.1, -0.05) is 313 Å². The second-order valence-electron chi connectivity index (χ2n) is 23.1. The molecule has 0 amide bonds. The molecule has 77 heavy (non-hydrogen) atoms. The summed E-state index contributed by atoms with van der Waals surface area (Å²) in [5.74, 6) is -0.850. The molecule has 0 aromatic carbocycles. The molecule has 6 heteroatoms. The van der Waals surface area contributed by atoms with E-state index in [0.29, 0.717) is 19.3 Å². The third-order valence-electron chi connectivity index (χ3n) is 15.3. The van der Waals surface area contributed by atoms with Gasteiger partial charge in [-0.2, -0.15) is 0 Å². The Morgan fingerprint density at radius 3 is 0.740 bits per heavy atom. The van der Waals surface area contributed by atoms with Crippen LogP contribution >= 0.6 is 0 Å². The van der Waals surface area contributed by atoms with E-state index in [1.54, 1.807) is 0 Å². The summed E-state index contributed by atoms with van der Waals surface area (Å²) in [4.78, 5) is 38.3. The fourth-order valence-corrected chi connectivity index (χ4v) is 10.2. The molecule has 0 aromatic heterocycles. The highest BCUT2D eigenvalue weighted by molar-refractivity contribution is 5.71. The number of esters is 3. The van der Waals surface area contributed by atoms with Crippen LogP contribution in [-0.2, 0) is 28.6 Å². The highest BCUT2D eigenvalue weighted by Crippen LogP contribution is 2.17. The first-order valence-electron chi connectivity index (χ1n) is 34.1. The largest absolute Gasteiger partial charge is 0.462 e. The summed E-state index contributed by atoms with van der Waals surface area (Å²) in [5.41, 5.74) is 0. The van der Waals surface area contributed by atoms with Crippen molar-refractivity contribution in [3.63, 3.8) is 0 Å². The van der Waals surface area contributed by atoms with E-state index >= 15 is 0 Å². The van der Waals surface area contributed by atoms with E-state index < -0.39 is 6.10 Å². The monoisotopic (exact) mass is 1080 g/mol. The molecule has 0 rings (SSSR count). The molecular weight excluding hydrogens is 949 g/mol. The van der Waals surface area contributed by atoms with Crippen LogP contribution in [0.5, 0.6) is 0 Å². The third kappa shape index (κ3) is 64.1. The molecule has 0 heterocycles. The number of rotatable bonds is 63. The van der Waals surface area contributed by atoms with Crippen molar-refractivity contribution in [2.45, 2.75) is 374 Å². The minimum Gasteiger partial charge on any atom is -0.462 e. The van der Waals surface area contributed by atoms with Crippen molar-refractivity contribution in [3.8, 4) is 0 Å². The molecule has 0 bridgehead atoms. The summed E-state index contributed by atoms with van der Waals surface area (Å²) in [6.07, 6.45) is 82.8. The Balaban J connectivity index is 4.18. The van der Waals surface area contributed by atoms with E-state index in [0.717, 1.165) is 70.6 Å². The highest BCUT2D eigenvalue weighted by atomic mass is 16.6. The molecule has 0 aromatic rings. The zero-order valence-electron chi connectivity index (χ0n) is 51.7. The topological polar surface area (TPSA) is 78.9 Å². The average molecular weight is 1080 g/mol. The Labute approximate surface area is 479 Å². The fourth-order valence-electron chi connectivity index (χ4n) is 10.2. The zero-order chi connectivity index (χ0) is 55.7. The lowest BCUT2D eigenvalue weighted by molar-refractivity contribution is -0.167. The number of carbonyl (C=O) groups excluding carboxylic acids is 3. The van der Waals surface area contributed by atoms with E-state index in [2.05, 4.69) is 69.4 Å². The summed E-state index contributed by atoms with van der Waals surface area (Å²) < 4.78 is 16.9. The van der Waals surface area contributed by atoms with E-state index in [1.165, 1.54) is 257 Å². The molecule has 0 N–H and O–H groups in total. The molecule has 0 saturated heterocycles. The van der Waals surface area contributed by atoms with Gasteiger partial charge in [0.2, 0.25) is 0 Å². The Bertz CT molecular complexity index is 1330. The molecule has 0 aliphatic carbocycles. The van der Waals surface area contributed by atoms with Crippen LogP contribution in [0, 0.1) is 0 Å². The summed E-state index contributed by atoms with van der Waals surface area (Å²) in [5, 5.41) is 0. The predicted octanol–water partition coefficient (Wildman–Crippen LogP) is 23.3. The molecule has 1 unspecified atom stereocenters. The van der Waals surface area contributed by atoms with Crippen LogP contribution in [0.1, 0.15) is 367 Å². The van der Waals surface area contributed by atoms with E-state index in [9.17, 15) is 14.4 Å². The zero-order valence-corrected chi connectivity index (χ0v) is 51.7. The van der Waals surface area contributed by atoms with Crippen molar-refractivity contribution in [1.82, 2.24) is 0 Å². The average Bonchev–Trinajstić information content (AvgIpc) is 3.43. The Kier molecular flexibility index (Phi) is 63.6. The van der Waals surface area contributed by atoms with Crippen LogP contribution in [0.2, 0.25) is 0 Å². The molecule has 1 atom stereocenters. The normalized spacial score (nSPS) is 12.3. The predicted molar refractivity (Wildman–Crippen MR) is 335 cm³/mol. The molecular formula is C71H130O6. The smallest absolute Gasteiger partial charge is 0.306 e. The van der Waals surface area contributed by atoms with Crippen molar-refractivity contribution in [3.05, 3.63) is 48.6 Å². The van der Waals surface area contributed by atoms with Gasteiger partial charge in [-0.3, -0.25) is 14.4 Å². The lowest BCUT2D eigenvalue weighted by Crippen LogP contribution is -2.30. The summed E-state index contributed by atoms with van der Waals surface area (Å²) in [7, 11) is 0. The quantitative estimate of drug-likeness (QED) is 0.0261. The first-order valence-corrected chi connectivity index (χ1v) is 34.1. The number of unbranched alkanes of at least 4 members (excludes halogenated alkanes) is 44. The van der Waals surface area contributed by atoms with E-state index in [-0.39, 0.29) is 31.1 Å². The van der Waals surface area contributed by atoms with Crippen molar-refractivity contribution < 1.29 is 28.6 Å². The maximum atomic E-state index is 12.9. The molecule has 6 nitrogen and oxygen atoms in total. The van der Waals surface area contributed by atoms with E-state index in [1.807, 2.05) is 0 Å². The fraction of sp³-hybridized carbons (Fsp3) is 0.845. The number of hydrogen-bond donors (Lipinski definition) is 0. The van der Waals surface area contributed by atoms with Crippen molar-refractivity contribution >= 4 is 17.9 Å². The molecule has 0 fully saturated rings. The lowest BCUT2D eigenvalue weighted by atomic mass is 10.0. The van der Waals surface area contributed by atoms with Crippen LogP contribution < -0.4 is 0 Å². The Morgan fingerprint density at radius 2 is 0.468 bits per heavy atom. The highest BCUT2D eigenvalue weighted by Gasteiger charge is 2.19. The van der Waals surface area contributed by atoms with E-state index in [4.69, 9.17) is 14.2 Å². The van der Waals surface area contributed by atoms with Gasteiger partial charge in [0, 0.05) is 19.3 Å². The van der Waals surface area contributed by atoms with Crippen LogP contribution in [0.4, 0.5) is 0 Å². The van der Waals surface area contributed by atoms with Gasteiger partial charge < -0.3 is 14.2 Å². The molecule has 0 aliphatic rings. The summed E-state index contributed by atoms with van der Waals surface area (Å²) in [6, 6.07) is 0. The van der Waals surface area contributed by atoms with Gasteiger partial charge in [-0.15, -0.1) is 0 Å².